The van der Waals surface area contributed by atoms with Gasteiger partial charge in [-0.3, -0.25) is 9.00 Å². The molecule has 2 amide bonds. The molecular formula is C23H28N2O6S. The third-order valence-electron chi connectivity index (χ3n) is 4.65. The molecule has 0 aliphatic carbocycles. The van der Waals surface area contributed by atoms with Gasteiger partial charge in [-0.1, -0.05) is 62.4 Å². The minimum absolute atomic E-state index is 0.0220. The van der Waals surface area contributed by atoms with Crippen molar-refractivity contribution in [3.05, 3.63) is 66.2 Å². The number of benzene rings is 2. The Kier molecular flexibility index (Phi) is 9.87. The average molecular weight is 461 g/mol. The third kappa shape index (κ3) is 8.14. The molecule has 0 aliphatic rings. The predicted octanol–water partition coefficient (Wildman–Crippen LogP) is 2.70. The molecule has 32 heavy (non-hydrogen) atoms. The van der Waals surface area contributed by atoms with Crippen LogP contribution in [0.5, 0.6) is 0 Å². The highest BCUT2D eigenvalue weighted by Crippen LogP contribution is 2.09. The van der Waals surface area contributed by atoms with Crippen LogP contribution in [0.1, 0.15) is 25.8 Å². The fraction of sp³-hybridized carbons (Fsp3) is 0.348. The van der Waals surface area contributed by atoms with E-state index in [1.165, 1.54) is 0 Å². The second-order valence-corrected chi connectivity index (χ2v) is 9.05. The van der Waals surface area contributed by atoms with E-state index in [2.05, 4.69) is 10.6 Å². The lowest BCUT2D eigenvalue weighted by molar-refractivity contribution is -0.142. The van der Waals surface area contributed by atoms with E-state index >= 15 is 0 Å². The van der Waals surface area contributed by atoms with Gasteiger partial charge < -0.3 is 20.5 Å². The molecule has 0 spiro atoms. The summed E-state index contributed by atoms with van der Waals surface area (Å²) in [5.74, 6) is -2.13. The summed E-state index contributed by atoms with van der Waals surface area (Å²) in [6.07, 6.45) is -0.800. The number of rotatable bonds is 11. The third-order valence-corrected chi connectivity index (χ3v) is 6.05. The lowest BCUT2D eigenvalue weighted by atomic mass is 10.0. The van der Waals surface area contributed by atoms with Crippen molar-refractivity contribution in [2.45, 2.75) is 43.9 Å². The molecular weight excluding hydrogens is 432 g/mol. The molecule has 172 valence electrons. The molecule has 2 aromatic rings. The van der Waals surface area contributed by atoms with E-state index in [0.29, 0.717) is 4.90 Å². The smallest absolute Gasteiger partial charge is 0.408 e. The minimum atomic E-state index is -1.39. The summed E-state index contributed by atoms with van der Waals surface area (Å²) in [4.78, 5) is 37.1. The Morgan fingerprint density at radius 3 is 2.12 bits per heavy atom. The number of nitrogens with one attached hydrogen (secondary N) is 2. The highest BCUT2D eigenvalue weighted by molar-refractivity contribution is 7.85. The topological polar surface area (TPSA) is 122 Å². The summed E-state index contributed by atoms with van der Waals surface area (Å²) in [5, 5.41) is 14.4. The van der Waals surface area contributed by atoms with Gasteiger partial charge in [0.2, 0.25) is 5.91 Å². The SMILES string of the molecule is CC(C)[C@@H](NC(=O)OCc1ccccc1)C(=O)N[C@H](CC[S@@](=O)c1ccccc1)C(=O)O. The summed E-state index contributed by atoms with van der Waals surface area (Å²) in [6, 6.07) is 15.6. The second-order valence-electron chi connectivity index (χ2n) is 7.48. The standard InChI is InChI=1S/C23H28N2O6S/c1-16(2)20(25-23(29)31-15-17-9-5-3-6-10-17)21(26)24-19(22(27)28)13-14-32(30)18-11-7-4-8-12-18/h3-12,16,19-20H,13-15H2,1-2H3,(H,24,26)(H,25,29)(H,27,28)/t19-,20-,32-/m1/s1. The molecule has 0 saturated heterocycles. The number of alkyl carbamates (subject to hydrolysis) is 1. The van der Waals surface area contributed by atoms with Crippen LogP contribution in [-0.4, -0.2) is 45.1 Å². The number of aliphatic carboxylic acids is 1. The zero-order chi connectivity index (χ0) is 23.5. The first-order valence-electron chi connectivity index (χ1n) is 10.2. The van der Waals surface area contributed by atoms with Gasteiger partial charge in [0.15, 0.2) is 0 Å². The van der Waals surface area contributed by atoms with Crippen molar-refractivity contribution in [3.8, 4) is 0 Å². The highest BCUT2D eigenvalue weighted by atomic mass is 32.2. The van der Waals surface area contributed by atoms with E-state index < -0.39 is 40.9 Å². The molecule has 2 aromatic carbocycles. The molecule has 0 saturated carbocycles. The quantitative estimate of drug-likeness (QED) is 0.474. The van der Waals surface area contributed by atoms with E-state index in [4.69, 9.17) is 4.74 Å². The van der Waals surface area contributed by atoms with E-state index in [-0.39, 0.29) is 24.7 Å². The second kappa shape index (κ2) is 12.6. The van der Waals surface area contributed by atoms with Gasteiger partial charge in [0.05, 0.1) is 10.8 Å². The molecule has 0 radical (unpaired) electrons. The molecule has 0 heterocycles. The molecule has 0 bridgehead atoms. The summed E-state index contributed by atoms with van der Waals surface area (Å²) < 4.78 is 17.5. The van der Waals surface area contributed by atoms with Crippen molar-refractivity contribution in [1.82, 2.24) is 10.6 Å². The van der Waals surface area contributed by atoms with Gasteiger partial charge in [0.1, 0.15) is 18.7 Å². The molecule has 3 N–H and O–H groups in total. The van der Waals surface area contributed by atoms with Gasteiger partial charge in [-0.05, 0) is 30.0 Å². The van der Waals surface area contributed by atoms with Crippen LogP contribution >= 0.6 is 0 Å². The van der Waals surface area contributed by atoms with Crippen LogP contribution in [0, 0.1) is 5.92 Å². The van der Waals surface area contributed by atoms with Crippen LogP contribution < -0.4 is 10.6 Å². The van der Waals surface area contributed by atoms with Gasteiger partial charge in [0, 0.05) is 10.6 Å². The number of carbonyl (C=O) groups excluding carboxylic acids is 2. The fourth-order valence-corrected chi connectivity index (χ4v) is 4.01. The average Bonchev–Trinajstić information content (AvgIpc) is 2.79. The summed E-state index contributed by atoms with van der Waals surface area (Å²) in [5.41, 5.74) is 0.797. The van der Waals surface area contributed by atoms with Crippen LogP contribution in [-0.2, 0) is 31.7 Å². The number of ether oxygens (including phenoxy) is 1. The Labute approximate surface area is 189 Å². The van der Waals surface area contributed by atoms with Crippen molar-refractivity contribution in [1.29, 1.82) is 0 Å². The summed E-state index contributed by atoms with van der Waals surface area (Å²) in [7, 11) is -1.39. The van der Waals surface area contributed by atoms with Crippen molar-refractivity contribution < 1.29 is 28.4 Å². The number of carboxylic acids is 1. The molecule has 0 aromatic heterocycles. The van der Waals surface area contributed by atoms with Crippen LogP contribution in [0.3, 0.4) is 0 Å². The normalized spacial score (nSPS) is 13.6. The molecule has 2 rings (SSSR count). The molecule has 9 heteroatoms. The molecule has 0 aliphatic heterocycles. The zero-order valence-electron chi connectivity index (χ0n) is 18.0. The highest BCUT2D eigenvalue weighted by Gasteiger charge is 2.29. The van der Waals surface area contributed by atoms with Gasteiger partial charge in [0.25, 0.3) is 0 Å². The lowest BCUT2D eigenvalue weighted by Crippen LogP contribution is -2.54. The molecule has 0 fully saturated rings. The maximum atomic E-state index is 12.7. The molecule has 3 atom stereocenters. The Morgan fingerprint density at radius 1 is 0.969 bits per heavy atom. The van der Waals surface area contributed by atoms with Crippen molar-refractivity contribution in [2.75, 3.05) is 5.75 Å². The van der Waals surface area contributed by atoms with Gasteiger partial charge in [-0.2, -0.15) is 0 Å². The van der Waals surface area contributed by atoms with Gasteiger partial charge in [-0.25, -0.2) is 9.59 Å². The van der Waals surface area contributed by atoms with Crippen LogP contribution in [0.2, 0.25) is 0 Å². The van der Waals surface area contributed by atoms with E-state index in [1.54, 1.807) is 56.3 Å². The first kappa shape index (κ1) is 25.1. The van der Waals surface area contributed by atoms with Crippen molar-refractivity contribution >= 4 is 28.8 Å². The van der Waals surface area contributed by atoms with E-state index in [1.807, 2.05) is 18.2 Å². The Hall–Kier alpha value is -3.20. The summed E-state index contributed by atoms with van der Waals surface area (Å²) in [6.45, 7) is 3.49. The largest absolute Gasteiger partial charge is 0.480 e. The monoisotopic (exact) mass is 460 g/mol. The number of hydrogen-bond donors (Lipinski definition) is 3. The number of carboxylic acid groups (broad SMARTS) is 1. The molecule has 8 nitrogen and oxygen atoms in total. The van der Waals surface area contributed by atoms with E-state index in [0.717, 1.165) is 5.56 Å². The maximum Gasteiger partial charge on any atom is 0.408 e. The van der Waals surface area contributed by atoms with Crippen LogP contribution in [0.4, 0.5) is 4.79 Å². The van der Waals surface area contributed by atoms with Crippen molar-refractivity contribution in [3.63, 3.8) is 0 Å². The first-order chi connectivity index (χ1) is 15.3. The maximum absolute atomic E-state index is 12.7. The lowest BCUT2D eigenvalue weighted by Gasteiger charge is -2.23. The zero-order valence-corrected chi connectivity index (χ0v) is 18.8. The number of hydrogen-bond acceptors (Lipinski definition) is 5. The van der Waals surface area contributed by atoms with E-state index in [9.17, 15) is 23.7 Å². The van der Waals surface area contributed by atoms with Crippen LogP contribution in [0.15, 0.2) is 65.6 Å². The Balaban J connectivity index is 1.92. The van der Waals surface area contributed by atoms with Crippen molar-refractivity contribution in [2.24, 2.45) is 5.92 Å². The molecule has 0 unspecified atom stereocenters. The Morgan fingerprint density at radius 2 is 1.56 bits per heavy atom. The minimum Gasteiger partial charge on any atom is -0.480 e. The number of carbonyl (C=O) groups is 3. The predicted molar refractivity (Wildman–Crippen MR) is 120 cm³/mol. The van der Waals surface area contributed by atoms with Crippen LogP contribution in [0.25, 0.3) is 0 Å². The number of amides is 2. The fourth-order valence-electron chi connectivity index (χ4n) is 2.86. The van der Waals surface area contributed by atoms with Gasteiger partial charge in [-0.15, -0.1) is 0 Å². The summed E-state index contributed by atoms with van der Waals surface area (Å²) >= 11 is 0. The van der Waals surface area contributed by atoms with Gasteiger partial charge >= 0.3 is 12.1 Å². The Bertz CT molecular complexity index is 921. The first-order valence-corrected chi connectivity index (χ1v) is 11.5.